The quantitative estimate of drug-likeness (QED) is 0.131. The maximum Gasteiger partial charge on any atom is 0.336 e. The molecule has 0 aliphatic carbocycles. The molecule has 0 saturated heterocycles. The minimum Gasteiger partial charge on any atom is -0.247 e. The van der Waals surface area contributed by atoms with Crippen LogP contribution in [0.2, 0.25) is 0 Å². The second-order valence-electron chi connectivity index (χ2n) is 10.1. The van der Waals surface area contributed by atoms with Crippen LogP contribution in [-0.4, -0.2) is 50.1 Å². The zero-order valence-electron chi connectivity index (χ0n) is 23.5. The summed E-state index contributed by atoms with van der Waals surface area (Å²) in [5.41, 5.74) is -1.79. The predicted molar refractivity (Wildman–Crippen MR) is 147 cm³/mol. The summed E-state index contributed by atoms with van der Waals surface area (Å²) in [4.78, 5) is 81.5. The van der Waals surface area contributed by atoms with Crippen LogP contribution in [0.3, 0.4) is 0 Å². The Morgan fingerprint density at radius 1 is 0.487 bits per heavy atom. The van der Waals surface area contributed by atoms with Crippen LogP contribution in [0, 0.1) is 0 Å². The summed E-state index contributed by atoms with van der Waals surface area (Å²) in [5, 5.41) is 0. The van der Waals surface area contributed by atoms with Crippen molar-refractivity contribution >= 4 is 18.2 Å². The molecule has 1 aromatic heterocycles. The van der Waals surface area contributed by atoms with Crippen LogP contribution in [0.25, 0.3) is 0 Å². The van der Waals surface area contributed by atoms with Gasteiger partial charge < -0.3 is 0 Å². The SMILES string of the molecule is CC(CCCCCn1c(=O)n(CCCCCC(C)N=C=O)c(=O)n(CCCCCC(C)N=C=O)c1=O)N=C=O. The molecule has 0 aliphatic heterocycles. The number of nitrogens with zero attached hydrogens (tertiary/aromatic N) is 6. The first-order valence-corrected chi connectivity index (χ1v) is 13.9. The Morgan fingerprint density at radius 3 is 0.974 bits per heavy atom. The van der Waals surface area contributed by atoms with Gasteiger partial charge in [0.05, 0.1) is 18.1 Å². The van der Waals surface area contributed by atoms with Crippen LogP contribution in [0.4, 0.5) is 0 Å². The summed E-state index contributed by atoms with van der Waals surface area (Å²) in [5.74, 6) is 0. The van der Waals surface area contributed by atoms with Crippen LogP contribution in [0.1, 0.15) is 97.8 Å². The summed E-state index contributed by atoms with van der Waals surface area (Å²) in [6.07, 6.45) is 13.1. The standard InChI is InChI=1S/C27H42N6O6/c1-22(28-19-34)13-7-4-10-16-31-25(37)32(17-11-5-8-14-23(2)29-20-35)27(39)33(26(31)38)18-12-6-9-15-24(3)30-21-36/h22-24H,4-18H2,1-3H3. The van der Waals surface area contributed by atoms with Gasteiger partial charge in [0.25, 0.3) is 0 Å². The molecule has 39 heavy (non-hydrogen) atoms. The van der Waals surface area contributed by atoms with Crippen molar-refractivity contribution in [2.45, 2.75) is 136 Å². The number of aliphatic imine (C=N–C) groups is 3. The molecule has 12 nitrogen and oxygen atoms in total. The fourth-order valence-corrected chi connectivity index (χ4v) is 4.38. The molecule has 0 radical (unpaired) electrons. The van der Waals surface area contributed by atoms with E-state index >= 15 is 0 Å². The van der Waals surface area contributed by atoms with Crippen LogP contribution < -0.4 is 17.1 Å². The van der Waals surface area contributed by atoms with Crippen molar-refractivity contribution in [3.63, 3.8) is 0 Å². The fourth-order valence-electron chi connectivity index (χ4n) is 4.38. The average molecular weight is 547 g/mol. The van der Waals surface area contributed by atoms with Gasteiger partial charge >= 0.3 is 17.1 Å². The van der Waals surface area contributed by atoms with E-state index in [1.807, 2.05) is 20.8 Å². The fraction of sp³-hybridized carbons (Fsp3) is 0.778. The number of carbonyl (C=O) groups excluding carboxylic acids is 3. The molecule has 0 N–H and O–H groups in total. The van der Waals surface area contributed by atoms with E-state index in [0.717, 1.165) is 52.2 Å². The molecule has 0 spiro atoms. The van der Waals surface area contributed by atoms with E-state index in [0.29, 0.717) is 38.5 Å². The van der Waals surface area contributed by atoms with E-state index in [1.54, 1.807) is 18.2 Å². The number of unbranched alkanes of at least 4 members (excludes halogenated alkanes) is 6. The minimum absolute atomic E-state index is 0.120. The Kier molecular flexibility index (Phi) is 16.9. The zero-order chi connectivity index (χ0) is 29.0. The van der Waals surface area contributed by atoms with Gasteiger partial charge in [-0.15, -0.1) is 0 Å². The molecule has 12 heteroatoms. The third-order valence-corrected chi connectivity index (χ3v) is 6.72. The first kappa shape index (κ1) is 33.6. The minimum atomic E-state index is -0.598. The van der Waals surface area contributed by atoms with Gasteiger partial charge in [0, 0.05) is 19.6 Å². The Bertz CT molecular complexity index is 1020. The molecule has 3 unspecified atom stereocenters. The molecule has 3 atom stereocenters. The third kappa shape index (κ3) is 12.8. The van der Waals surface area contributed by atoms with Gasteiger partial charge in [-0.1, -0.05) is 38.5 Å². The van der Waals surface area contributed by atoms with Crippen molar-refractivity contribution in [2.24, 2.45) is 15.0 Å². The highest BCUT2D eigenvalue weighted by Crippen LogP contribution is 2.08. The van der Waals surface area contributed by atoms with Gasteiger partial charge in [-0.25, -0.2) is 57.4 Å². The smallest absolute Gasteiger partial charge is 0.247 e. The number of aromatic nitrogens is 3. The highest BCUT2D eigenvalue weighted by atomic mass is 16.2. The number of isocyanates is 3. The number of hydrogen-bond donors (Lipinski definition) is 0. The van der Waals surface area contributed by atoms with Crippen molar-refractivity contribution in [1.82, 2.24) is 13.7 Å². The lowest BCUT2D eigenvalue weighted by atomic mass is 10.1. The van der Waals surface area contributed by atoms with E-state index in [2.05, 4.69) is 15.0 Å². The van der Waals surface area contributed by atoms with Crippen LogP contribution >= 0.6 is 0 Å². The Labute approximate surface area is 228 Å². The normalized spacial score (nSPS) is 13.0. The summed E-state index contributed by atoms with van der Waals surface area (Å²) in [6, 6.07) is -0.359. The number of hydrogen-bond acceptors (Lipinski definition) is 9. The van der Waals surface area contributed by atoms with E-state index in [4.69, 9.17) is 0 Å². The molecular formula is C27H42N6O6. The highest BCUT2D eigenvalue weighted by Gasteiger charge is 2.15. The first-order valence-electron chi connectivity index (χ1n) is 13.9. The highest BCUT2D eigenvalue weighted by molar-refractivity contribution is 5.33. The van der Waals surface area contributed by atoms with E-state index in [1.165, 1.54) is 0 Å². The summed E-state index contributed by atoms with van der Waals surface area (Å²) >= 11 is 0. The topological polar surface area (TPSA) is 154 Å². The molecule has 0 amide bonds. The summed E-state index contributed by atoms with van der Waals surface area (Å²) in [6.45, 7) is 6.09. The predicted octanol–water partition coefficient (Wildman–Crippen LogP) is 3.03. The van der Waals surface area contributed by atoms with Gasteiger partial charge in [-0.3, -0.25) is 0 Å². The molecule has 0 bridgehead atoms. The monoisotopic (exact) mass is 546 g/mol. The maximum atomic E-state index is 13.1. The van der Waals surface area contributed by atoms with E-state index in [-0.39, 0.29) is 37.8 Å². The van der Waals surface area contributed by atoms with Crippen molar-refractivity contribution < 1.29 is 14.4 Å². The van der Waals surface area contributed by atoms with Gasteiger partial charge in [0.1, 0.15) is 0 Å². The molecule has 1 rings (SSSR count). The van der Waals surface area contributed by atoms with Crippen molar-refractivity contribution in [1.29, 1.82) is 0 Å². The second kappa shape index (κ2) is 19.6. The van der Waals surface area contributed by atoms with Crippen molar-refractivity contribution in [3.8, 4) is 0 Å². The van der Waals surface area contributed by atoms with E-state index < -0.39 is 17.1 Å². The molecule has 0 aromatic carbocycles. The average Bonchev–Trinajstić information content (AvgIpc) is 2.89. The lowest BCUT2D eigenvalue weighted by Crippen LogP contribution is -2.54. The molecule has 1 aromatic rings. The van der Waals surface area contributed by atoms with Gasteiger partial charge in [0.15, 0.2) is 0 Å². The number of rotatable bonds is 21. The largest absolute Gasteiger partial charge is 0.336 e. The van der Waals surface area contributed by atoms with Crippen molar-refractivity contribution in [2.75, 3.05) is 0 Å². The molecular weight excluding hydrogens is 504 g/mol. The van der Waals surface area contributed by atoms with Gasteiger partial charge in [-0.2, -0.15) is 0 Å². The second-order valence-corrected chi connectivity index (χ2v) is 10.1. The lowest BCUT2D eigenvalue weighted by Gasteiger charge is -2.14. The Morgan fingerprint density at radius 2 is 0.744 bits per heavy atom. The van der Waals surface area contributed by atoms with Crippen LogP contribution in [0.15, 0.2) is 29.4 Å². The van der Waals surface area contributed by atoms with Gasteiger partial charge in [0.2, 0.25) is 18.2 Å². The maximum absolute atomic E-state index is 13.1. The first-order chi connectivity index (χ1) is 18.8. The van der Waals surface area contributed by atoms with Crippen LogP contribution in [-0.2, 0) is 34.0 Å². The molecule has 0 fully saturated rings. The third-order valence-electron chi connectivity index (χ3n) is 6.72. The molecule has 1 heterocycles. The lowest BCUT2D eigenvalue weighted by molar-refractivity contribution is 0.409. The molecule has 216 valence electrons. The Hall–Kier alpha value is -3.45. The van der Waals surface area contributed by atoms with E-state index in [9.17, 15) is 28.8 Å². The zero-order valence-corrected chi connectivity index (χ0v) is 23.5. The molecule has 0 aliphatic rings. The van der Waals surface area contributed by atoms with Crippen LogP contribution in [0.5, 0.6) is 0 Å². The summed E-state index contributed by atoms with van der Waals surface area (Å²) < 4.78 is 3.45. The summed E-state index contributed by atoms with van der Waals surface area (Å²) in [7, 11) is 0. The molecule has 0 saturated carbocycles. The van der Waals surface area contributed by atoms with Gasteiger partial charge in [-0.05, 0) is 59.3 Å². The van der Waals surface area contributed by atoms with Crippen molar-refractivity contribution in [3.05, 3.63) is 31.5 Å². The Balaban J connectivity index is 2.95.